The van der Waals surface area contributed by atoms with Gasteiger partial charge in [-0.3, -0.25) is 4.99 Å². The van der Waals surface area contributed by atoms with Crippen molar-refractivity contribution in [2.45, 2.75) is 32.2 Å². The zero-order valence-electron chi connectivity index (χ0n) is 19.4. The Bertz CT molecular complexity index is 823. The molecule has 1 fully saturated rings. The summed E-state index contributed by atoms with van der Waals surface area (Å²) < 4.78 is 10.8. The highest BCUT2D eigenvalue weighted by molar-refractivity contribution is 5.80. The first-order valence-corrected chi connectivity index (χ1v) is 11.4. The Morgan fingerprint density at radius 2 is 1.97 bits per heavy atom. The smallest absolute Gasteiger partial charge is 0.191 e. The normalized spacial score (nSPS) is 16.0. The molecular weight excluding hydrogens is 404 g/mol. The maximum Gasteiger partial charge on any atom is 0.191 e. The average molecular weight is 441 g/mol. The molecule has 1 aromatic carbocycles. The zero-order chi connectivity index (χ0) is 22.6. The highest BCUT2D eigenvalue weighted by Crippen LogP contribution is 2.30. The van der Waals surface area contributed by atoms with E-state index in [1.165, 1.54) is 0 Å². The molecule has 1 atom stereocenters. The summed E-state index contributed by atoms with van der Waals surface area (Å²) in [6.45, 7) is 6.52. The lowest BCUT2D eigenvalue weighted by atomic mass is 10.2. The average Bonchev–Trinajstić information content (AvgIpc) is 3.30. The fourth-order valence-electron chi connectivity index (χ4n) is 3.71. The Hall–Kier alpha value is -3.16. The van der Waals surface area contributed by atoms with Gasteiger partial charge in [-0.05, 0) is 38.3 Å². The van der Waals surface area contributed by atoms with E-state index >= 15 is 0 Å². The van der Waals surface area contributed by atoms with E-state index in [2.05, 4.69) is 44.9 Å². The Morgan fingerprint density at radius 1 is 1.16 bits per heavy atom. The maximum atomic E-state index is 5.42. The van der Waals surface area contributed by atoms with Crippen LogP contribution in [0.15, 0.2) is 47.6 Å². The van der Waals surface area contributed by atoms with Crippen molar-refractivity contribution in [3.63, 3.8) is 0 Å². The van der Waals surface area contributed by atoms with E-state index in [1.54, 1.807) is 20.4 Å². The lowest BCUT2D eigenvalue weighted by molar-refractivity contribution is 0.394. The minimum absolute atomic E-state index is 0.343. The molecule has 1 aliphatic rings. The first-order chi connectivity index (χ1) is 15.7. The molecule has 174 valence electrons. The zero-order valence-corrected chi connectivity index (χ0v) is 19.4. The van der Waals surface area contributed by atoms with Crippen LogP contribution in [0, 0.1) is 0 Å². The van der Waals surface area contributed by atoms with E-state index in [0.717, 1.165) is 81.0 Å². The van der Waals surface area contributed by atoms with Crippen LogP contribution in [0.4, 0.5) is 11.5 Å². The molecule has 3 N–H and O–H groups in total. The highest BCUT2D eigenvalue weighted by atomic mass is 16.5. The standard InChI is InChI=1S/C24H36N6O2/c1-4-25-24(28-13-8-7-12-27-23-9-5-6-11-26-23)29-19-10-14-30(18-19)20-15-21(31-2)17-22(16-20)32-3/h5-6,9,11,15-17,19H,4,7-8,10,12-14,18H2,1-3H3,(H,26,27)(H2,25,28,29). The van der Waals surface area contributed by atoms with Gasteiger partial charge in [0.2, 0.25) is 0 Å². The number of ether oxygens (including phenoxy) is 2. The summed E-state index contributed by atoms with van der Waals surface area (Å²) in [5, 5.41) is 10.3. The number of benzene rings is 1. The number of nitrogens with one attached hydrogen (secondary N) is 3. The predicted molar refractivity (Wildman–Crippen MR) is 131 cm³/mol. The van der Waals surface area contributed by atoms with Gasteiger partial charge in [-0.25, -0.2) is 4.98 Å². The van der Waals surface area contributed by atoms with Crippen molar-refractivity contribution >= 4 is 17.5 Å². The molecule has 1 unspecified atom stereocenters. The molecule has 0 spiro atoms. The quantitative estimate of drug-likeness (QED) is 0.281. The molecule has 2 aromatic rings. The van der Waals surface area contributed by atoms with Gasteiger partial charge >= 0.3 is 0 Å². The molecule has 0 bridgehead atoms. The number of rotatable bonds is 11. The minimum Gasteiger partial charge on any atom is -0.497 e. The topological polar surface area (TPSA) is 83.0 Å². The van der Waals surface area contributed by atoms with E-state index in [-0.39, 0.29) is 0 Å². The number of nitrogens with zero attached hydrogens (tertiary/aromatic N) is 3. The van der Waals surface area contributed by atoms with Gasteiger partial charge < -0.3 is 30.3 Å². The summed E-state index contributed by atoms with van der Waals surface area (Å²) >= 11 is 0. The second-order valence-electron chi connectivity index (χ2n) is 7.76. The minimum atomic E-state index is 0.343. The van der Waals surface area contributed by atoms with Gasteiger partial charge in [0.1, 0.15) is 17.3 Å². The summed E-state index contributed by atoms with van der Waals surface area (Å²) in [7, 11) is 3.36. The molecular formula is C24H36N6O2. The third kappa shape index (κ3) is 7.21. The van der Waals surface area contributed by atoms with Crippen LogP contribution < -0.4 is 30.3 Å². The Labute approximate surface area is 191 Å². The molecule has 0 aliphatic carbocycles. The van der Waals surface area contributed by atoms with Crippen LogP contribution in [0.2, 0.25) is 0 Å². The first kappa shape index (κ1) is 23.5. The Kier molecular flexibility index (Phi) is 9.28. The maximum absolute atomic E-state index is 5.42. The number of aromatic nitrogens is 1. The highest BCUT2D eigenvalue weighted by Gasteiger charge is 2.24. The first-order valence-electron chi connectivity index (χ1n) is 11.4. The van der Waals surface area contributed by atoms with Gasteiger partial charge in [0.05, 0.1) is 14.2 Å². The third-order valence-corrected chi connectivity index (χ3v) is 5.40. The third-order valence-electron chi connectivity index (χ3n) is 5.40. The van der Waals surface area contributed by atoms with Gasteiger partial charge in [-0.1, -0.05) is 6.07 Å². The van der Waals surface area contributed by atoms with Crippen LogP contribution in [0.1, 0.15) is 26.2 Å². The van der Waals surface area contributed by atoms with Crippen molar-refractivity contribution in [3.8, 4) is 11.5 Å². The van der Waals surface area contributed by atoms with Crippen molar-refractivity contribution in [2.75, 3.05) is 57.2 Å². The fraction of sp³-hybridized carbons (Fsp3) is 0.500. The van der Waals surface area contributed by atoms with Gasteiger partial charge in [0, 0.05) is 68.8 Å². The van der Waals surface area contributed by atoms with Crippen LogP contribution in [0.25, 0.3) is 0 Å². The Morgan fingerprint density at radius 3 is 2.66 bits per heavy atom. The number of guanidine groups is 1. The van der Waals surface area contributed by atoms with Crippen molar-refractivity contribution in [3.05, 3.63) is 42.6 Å². The summed E-state index contributed by atoms with van der Waals surface area (Å²) in [6.07, 6.45) is 4.93. The summed E-state index contributed by atoms with van der Waals surface area (Å²) in [5.74, 6) is 3.43. The van der Waals surface area contributed by atoms with E-state index in [4.69, 9.17) is 14.5 Å². The van der Waals surface area contributed by atoms with Crippen molar-refractivity contribution in [1.82, 2.24) is 15.6 Å². The van der Waals surface area contributed by atoms with E-state index in [0.29, 0.717) is 6.04 Å². The van der Waals surface area contributed by atoms with Crippen LogP contribution in [-0.4, -0.2) is 63.9 Å². The van der Waals surface area contributed by atoms with Crippen LogP contribution >= 0.6 is 0 Å². The molecule has 32 heavy (non-hydrogen) atoms. The SMILES string of the molecule is CCNC(=NCCCCNc1ccccn1)NC1CCN(c2cc(OC)cc(OC)c2)C1. The molecule has 8 heteroatoms. The van der Waals surface area contributed by atoms with E-state index in [9.17, 15) is 0 Å². The molecule has 2 heterocycles. The second-order valence-corrected chi connectivity index (χ2v) is 7.76. The molecule has 8 nitrogen and oxygen atoms in total. The second kappa shape index (κ2) is 12.6. The van der Waals surface area contributed by atoms with Crippen LogP contribution in [-0.2, 0) is 0 Å². The predicted octanol–water partition coefficient (Wildman–Crippen LogP) is 3.12. The van der Waals surface area contributed by atoms with Crippen molar-refractivity contribution < 1.29 is 9.47 Å². The molecule has 0 radical (unpaired) electrons. The number of hydrogen-bond acceptors (Lipinski definition) is 6. The molecule has 1 saturated heterocycles. The van der Waals surface area contributed by atoms with Gasteiger partial charge in [-0.15, -0.1) is 0 Å². The number of aliphatic imine (C=N–C) groups is 1. The number of methoxy groups -OCH3 is 2. The fourth-order valence-corrected chi connectivity index (χ4v) is 3.71. The largest absolute Gasteiger partial charge is 0.497 e. The molecule has 1 aromatic heterocycles. The number of anilines is 2. The monoisotopic (exact) mass is 440 g/mol. The van der Waals surface area contributed by atoms with Gasteiger partial charge in [0.25, 0.3) is 0 Å². The number of hydrogen-bond donors (Lipinski definition) is 3. The van der Waals surface area contributed by atoms with Crippen LogP contribution in [0.3, 0.4) is 0 Å². The Balaban J connectivity index is 1.45. The van der Waals surface area contributed by atoms with Gasteiger partial charge in [0.15, 0.2) is 5.96 Å². The molecule has 1 aliphatic heterocycles. The van der Waals surface area contributed by atoms with Crippen molar-refractivity contribution in [1.29, 1.82) is 0 Å². The van der Waals surface area contributed by atoms with E-state index < -0.39 is 0 Å². The number of unbranched alkanes of at least 4 members (excludes halogenated alkanes) is 1. The number of pyridine rings is 1. The van der Waals surface area contributed by atoms with Crippen LogP contribution in [0.5, 0.6) is 11.5 Å². The van der Waals surface area contributed by atoms with Crippen molar-refractivity contribution in [2.24, 2.45) is 4.99 Å². The summed E-state index contributed by atoms with van der Waals surface area (Å²) in [4.78, 5) is 11.4. The molecule has 3 rings (SSSR count). The lowest BCUT2D eigenvalue weighted by Gasteiger charge is -2.21. The summed E-state index contributed by atoms with van der Waals surface area (Å²) in [5.41, 5.74) is 1.12. The van der Waals surface area contributed by atoms with Gasteiger partial charge in [-0.2, -0.15) is 0 Å². The lowest BCUT2D eigenvalue weighted by Crippen LogP contribution is -2.44. The summed E-state index contributed by atoms with van der Waals surface area (Å²) in [6, 6.07) is 12.3. The molecule has 0 amide bonds. The molecule has 0 saturated carbocycles. The van der Waals surface area contributed by atoms with E-state index in [1.807, 2.05) is 24.3 Å².